The molecule has 0 spiro atoms. The van der Waals surface area contributed by atoms with E-state index in [0.717, 1.165) is 25.8 Å². The number of hydrogen-bond acceptors (Lipinski definition) is 3. The zero-order valence-electron chi connectivity index (χ0n) is 10.3. The van der Waals surface area contributed by atoms with Gasteiger partial charge in [0.25, 0.3) is 5.91 Å². The molecule has 1 aromatic heterocycles. The quantitative estimate of drug-likeness (QED) is 0.730. The number of nitriles is 1. The number of rotatable bonds is 5. The number of carbonyl (C=O) groups excluding carboxylic acids is 1. The van der Waals surface area contributed by atoms with Gasteiger partial charge < -0.3 is 4.90 Å². The fourth-order valence-corrected chi connectivity index (χ4v) is 1.51. The van der Waals surface area contributed by atoms with Gasteiger partial charge in [0.05, 0.1) is 11.6 Å². The molecular weight excluding hydrogens is 214 g/mol. The molecule has 4 nitrogen and oxygen atoms in total. The van der Waals surface area contributed by atoms with Crippen LogP contribution in [0.2, 0.25) is 0 Å². The minimum absolute atomic E-state index is 0.127. The minimum atomic E-state index is -0.127. The highest BCUT2D eigenvalue weighted by Crippen LogP contribution is 2.05. The van der Waals surface area contributed by atoms with Crippen LogP contribution in [0.25, 0.3) is 0 Å². The van der Waals surface area contributed by atoms with Crippen LogP contribution in [0.5, 0.6) is 0 Å². The summed E-state index contributed by atoms with van der Waals surface area (Å²) in [5, 5.41) is 8.75. The Labute approximate surface area is 102 Å². The van der Waals surface area contributed by atoms with Crippen molar-refractivity contribution in [3.8, 4) is 6.07 Å². The lowest BCUT2D eigenvalue weighted by atomic mass is 10.2. The summed E-state index contributed by atoms with van der Waals surface area (Å²) in [5.74, 6) is -0.127. The van der Waals surface area contributed by atoms with Crippen LogP contribution in [0, 0.1) is 11.3 Å². The second-order valence-electron chi connectivity index (χ2n) is 3.98. The van der Waals surface area contributed by atoms with Gasteiger partial charge in [0, 0.05) is 19.8 Å². The number of amides is 1. The molecule has 1 rings (SSSR count). The Hall–Kier alpha value is -1.89. The fourth-order valence-electron chi connectivity index (χ4n) is 1.51. The smallest absolute Gasteiger partial charge is 0.272 e. The van der Waals surface area contributed by atoms with Crippen molar-refractivity contribution in [2.75, 3.05) is 13.6 Å². The van der Waals surface area contributed by atoms with Crippen molar-refractivity contribution in [1.82, 2.24) is 9.88 Å². The number of aromatic nitrogens is 1. The lowest BCUT2D eigenvalue weighted by molar-refractivity contribution is 0.0787. The van der Waals surface area contributed by atoms with E-state index in [9.17, 15) is 4.79 Å². The Bertz CT molecular complexity index is 423. The van der Waals surface area contributed by atoms with Crippen LogP contribution in [0.1, 0.15) is 42.2 Å². The second-order valence-corrected chi connectivity index (χ2v) is 3.98. The molecule has 17 heavy (non-hydrogen) atoms. The van der Waals surface area contributed by atoms with Gasteiger partial charge in [-0.3, -0.25) is 9.78 Å². The molecule has 1 heterocycles. The molecule has 0 saturated carbocycles. The van der Waals surface area contributed by atoms with Crippen molar-refractivity contribution < 1.29 is 4.79 Å². The zero-order chi connectivity index (χ0) is 12.7. The van der Waals surface area contributed by atoms with Gasteiger partial charge >= 0.3 is 0 Å². The first-order chi connectivity index (χ1) is 8.19. The number of hydrogen-bond donors (Lipinski definition) is 0. The molecule has 0 radical (unpaired) electrons. The van der Waals surface area contributed by atoms with Crippen LogP contribution in [0.15, 0.2) is 18.3 Å². The predicted octanol–water partition coefficient (Wildman–Crippen LogP) is 2.22. The third kappa shape index (κ3) is 3.87. The SMILES string of the molecule is CCCCCN(C)C(=O)c1cc(C#N)ccn1. The maximum Gasteiger partial charge on any atom is 0.272 e. The molecule has 1 amide bonds. The first-order valence-electron chi connectivity index (χ1n) is 5.80. The van der Waals surface area contributed by atoms with Crippen molar-refractivity contribution in [2.45, 2.75) is 26.2 Å². The van der Waals surface area contributed by atoms with Gasteiger partial charge in [0.1, 0.15) is 5.69 Å². The van der Waals surface area contributed by atoms with Crippen LogP contribution in [0.3, 0.4) is 0 Å². The minimum Gasteiger partial charge on any atom is -0.340 e. The highest BCUT2D eigenvalue weighted by molar-refractivity contribution is 5.92. The average molecular weight is 231 g/mol. The largest absolute Gasteiger partial charge is 0.340 e. The van der Waals surface area contributed by atoms with Gasteiger partial charge in [-0.15, -0.1) is 0 Å². The molecule has 0 aliphatic carbocycles. The standard InChI is InChI=1S/C13H17N3O/c1-3-4-5-8-16(2)13(17)12-9-11(10-14)6-7-15-12/h6-7,9H,3-5,8H2,1-2H3. The molecule has 0 aliphatic heterocycles. The number of carbonyl (C=O) groups is 1. The summed E-state index contributed by atoms with van der Waals surface area (Å²) in [5.41, 5.74) is 0.799. The van der Waals surface area contributed by atoms with E-state index in [-0.39, 0.29) is 5.91 Å². The van der Waals surface area contributed by atoms with Crippen molar-refractivity contribution in [1.29, 1.82) is 5.26 Å². The molecule has 0 aromatic carbocycles. The molecule has 4 heteroatoms. The van der Waals surface area contributed by atoms with Gasteiger partial charge in [-0.25, -0.2) is 0 Å². The van der Waals surface area contributed by atoms with Crippen molar-refractivity contribution in [3.05, 3.63) is 29.6 Å². The summed E-state index contributed by atoms with van der Waals surface area (Å²) in [6.45, 7) is 2.85. The van der Waals surface area contributed by atoms with Crippen LogP contribution in [0.4, 0.5) is 0 Å². The van der Waals surface area contributed by atoms with Gasteiger partial charge in [-0.05, 0) is 18.6 Å². The molecular formula is C13H17N3O. The molecule has 0 saturated heterocycles. The van der Waals surface area contributed by atoms with E-state index in [0.29, 0.717) is 11.3 Å². The Morgan fingerprint density at radius 3 is 2.94 bits per heavy atom. The maximum atomic E-state index is 12.0. The van der Waals surface area contributed by atoms with Gasteiger partial charge in [0.2, 0.25) is 0 Å². The van der Waals surface area contributed by atoms with E-state index in [1.54, 1.807) is 18.0 Å². The number of unbranched alkanes of at least 4 members (excludes halogenated alkanes) is 2. The average Bonchev–Trinajstić information content (AvgIpc) is 2.38. The topological polar surface area (TPSA) is 57.0 Å². The molecule has 0 atom stereocenters. The van der Waals surface area contributed by atoms with Crippen molar-refractivity contribution in [2.24, 2.45) is 0 Å². The third-order valence-electron chi connectivity index (χ3n) is 2.55. The Balaban J connectivity index is 2.65. The number of pyridine rings is 1. The summed E-state index contributed by atoms with van der Waals surface area (Å²) in [4.78, 5) is 17.6. The van der Waals surface area contributed by atoms with Crippen molar-refractivity contribution >= 4 is 5.91 Å². The van der Waals surface area contributed by atoms with E-state index < -0.39 is 0 Å². The normalized spacial score (nSPS) is 9.71. The van der Waals surface area contributed by atoms with Crippen LogP contribution < -0.4 is 0 Å². The van der Waals surface area contributed by atoms with E-state index in [2.05, 4.69) is 11.9 Å². The zero-order valence-corrected chi connectivity index (χ0v) is 10.3. The van der Waals surface area contributed by atoms with E-state index in [1.807, 2.05) is 6.07 Å². The van der Waals surface area contributed by atoms with Crippen LogP contribution in [-0.2, 0) is 0 Å². The second kappa shape index (κ2) is 6.64. The molecule has 0 unspecified atom stereocenters. The Kier molecular flexibility index (Phi) is 5.15. The van der Waals surface area contributed by atoms with Gasteiger partial charge in [0.15, 0.2) is 0 Å². The fraction of sp³-hybridized carbons (Fsp3) is 0.462. The Morgan fingerprint density at radius 1 is 1.53 bits per heavy atom. The maximum absolute atomic E-state index is 12.0. The Morgan fingerprint density at radius 2 is 2.29 bits per heavy atom. The molecule has 1 aromatic rings. The van der Waals surface area contributed by atoms with E-state index in [1.165, 1.54) is 12.3 Å². The van der Waals surface area contributed by atoms with E-state index >= 15 is 0 Å². The van der Waals surface area contributed by atoms with Crippen LogP contribution in [-0.4, -0.2) is 29.4 Å². The lowest BCUT2D eigenvalue weighted by Gasteiger charge is -2.16. The molecule has 0 N–H and O–H groups in total. The summed E-state index contributed by atoms with van der Waals surface area (Å²) in [6, 6.07) is 5.12. The van der Waals surface area contributed by atoms with Crippen LogP contribution >= 0.6 is 0 Å². The highest BCUT2D eigenvalue weighted by Gasteiger charge is 2.12. The summed E-state index contributed by atoms with van der Waals surface area (Å²) < 4.78 is 0. The van der Waals surface area contributed by atoms with Crippen molar-refractivity contribution in [3.63, 3.8) is 0 Å². The highest BCUT2D eigenvalue weighted by atomic mass is 16.2. The number of nitrogens with zero attached hydrogens (tertiary/aromatic N) is 3. The van der Waals surface area contributed by atoms with Gasteiger partial charge in [-0.1, -0.05) is 19.8 Å². The first-order valence-corrected chi connectivity index (χ1v) is 5.80. The first kappa shape index (κ1) is 13.2. The summed E-state index contributed by atoms with van der Waals surface area (Å²) >= 11 is 0. The summed E-state index contributed by atoms with van der Waals surface area (Å²) in [7, 11) is 1.76. The van der Waals surface area contributed by atoms with Gasteiger partial charge in [-0.2, -0.15) is 5.26 Å². The molecule has 0 fully saturated rings. The molecule has 0 bridgehead atoms. The van der Waals surface area contributed by atoms with E-state index in [4.69, 9.17) is 5.26 Å². The predicted molar refractivity (Wildman–Crippen MR) is 65.4 cm³/mol. The third-order valence-corrected chi connectivity index (χ3v) is 2.55. The molecule has 0 aliphatic rings. The summed E-state index contributed by atoms with van der Waals surface area (Å²) in [6.07, 6.45) is 4.73. The lowest BCUT2D eigenvalue weighted by Crippen LogP contribution is -2.28. The molecule has 90 valence electrons. The monoisotopic (exact) mass is 231 g/mol.